The second-order valence-corrected chi connectivity index (χ2v) is 7.37. The number of aryl methyl sites for hydroxylation is 1. The van der Waals surface area contributed by atoms with Crippen LogP contribution in [-0.2, 0) is 30.3 Å². The van der Waals surface area contributed by atoms with E-state index in [0.29, 0.717) is 23.1 Å². The summed E-state index contributed by atoms with van der Waals surface area (Å²) in [6.45, 7) is 1.66. The van der Waals surface area contributed by atoms with Crippen LogP contribution in [0.15, 0.2) is 36.4 Å². The third-order valence-electron chi connectivity index (χ3n) is 5.05. The van der Waals surface area contributed by atoms with E-state index in [2.05, 4.69) is 0 Å². The number of ether oxygens (including phenoxy) is 2. The maximum atomic E-state index is 14.5. The van der Waals surface area contributed by atoms with Crippen molar-refractivity contribution in [2.24, 2.45) is 0 Å². The Morgan fingerprint density at radius 1 is 1.00 bits per heavy atom. The standard InChI is InChI=1S/C22H22F6O2/c1-2-3-4-5-14-6-9-18(19(23)10-14)22(27,28)30-17-8-7-15-12-20(21(24,25)26)29-13-16(15)11-17/h6-11,20H,2-5,12-13H2,1H3. The summed E-state index contributed by atoms with van der Waals surface area (Å²) < 4.78 is 91.3. The fourth-order valence-corrected chi connectivity index (χ4v) is 3.39. The highest BCUT2D eigenvalue weighted by molar-refractivity contribution is 5.38. The van der Waals surface area contributed by atoms with E-state index >= 15 is 0 Å². The van der Waals surface area contributed by atoms with Crippen LogP contribution in [-0.4, -0.2) is 12.3 Å². The van der Waals surface area contributed by atoms with Gasteiger partial charge >= 0.3 is 12.3 Å². The summed E-state index contributed by atoms with van der Waals surface area (Å²) >= 11 is 0. The minimum atomic E-state index is -4.50. The van der Waals surface area contributed by atoms with E-state index < -0.39 is 36.2 Å². The van der Waals surface area contributed by atoms with Crippen LogP contribution in [0.25, 0.3) is 0 Å². The molecule has 1 aliphatic heterocycles. The quantitative estimate of drug-likeness (QED) is 0.359. The van der Waals surface area contributed by atoms with Gasteiger partial charge in [-0.05, 0) is 53.8 Å². The first-order chi connectivity index (χ1) is 14.1. The van der Waals surface area contributed by atoms with E-state index in [9.17, 15) is 26.3 Å². The molecule has 1 unspecified atom stereocenters. The van der Waals surface area contributed by atoms with Gasteiger partial charge in [0.25, 0.3) is 0 Å². The Balaban J connectivity index is 1.73. The van der Waals surface area contributed by atoms with Crippen LogP contribution in [0.4, 0.5) is 26.3 Å². The normalized spacial score (nSPS) is 17.0. The zero-order valence-corrected chi connectivity index (χ0v) is 16.4. The fraction of sp³-hybridized carbons (Fsp3) is 0.455. The molecule has 0 N–H and O–H groups in total. The van der Waals surface area contributed by atoms with Gasteiger partial charge in [0, 0.05) is 6.42 Å². The molecule has 1 atom stereocenters. The maximum Gasteiger partial charge on any atom is 0.429 e. The predicted molar refractivity (Wildman–Crippen MR) is 98.9 cm³/mol. The topological polar surface area (TPSA) is 18.5 Å². The largest absolute Gasteiger partial charge is 0.429 e. The molecule has 3 rings (SSSR count). The molecule has 0 fully saturated rings. The molecule has 2 aromatic rings. The molecule has 0 saturated heterocycles. The van der Waals surface area contributed by atoms with Gasteiger partial charge in [0.15, 0.2) is 6.10 Å². The maximum absolute atomic E-state index is 14.5. The summed E-state index contributed by atoms with van der Waals surface area (Å²) in [7, 11) is 0. The van der Waals surface area contributed by atoms with E-state index in [4.69, 9.17) is 9.47 Å². The highest BCUT2D eigenvalue weighted by Gasteiger charge is 2.43. The zero-order chi connectivity index (χ0) is 21.9. The van der Waals surface area contributed by atoms with Crippen LogP contribution < -0.4 is 4.74 Å². The summed E-state index contributed by atoms with van der Waals surface area (Å²) in [4.78, 5) is 0. The predicted octanol–water partition coefficient (Wildman–Crippen LogP) is 6.69. The van der Waals surface area contributed by atoms with Crippen molar-refractivity contribution < 1.29 is 35.8 Å². The first kappa shape index (κ1) is 22.5. The summed E-state index contributed by atoms with van der Waals surface area (Å²) in [5.41, 5.74) is 0.413. The fourth-order valence-electron chi connectivity index (χ4n) is 3.39. The summed E-state index contributed by atoms with van der Waals surface area (Å²) in [5.74, 6) is -1.34. The molecule has 0 bridgehead atoms. The number of rotatable bonds is 7. The molecule has 1 heterocycles. The Bertz CT molecular complexity index is 878. The zero-order valence-electron chi connectivity index (χ0n) is 16.4. The number of halogens is 6. The van der Waals surface area contributed by atoms with Crippen molar-refractivity contribution in [2.45, 2.75) is 64.0 Å². The van der Waals surface area contributed by atoms with E-state index in [1.165, 1.54) is 18.2 Å². The SMILES string of the molecule is CCCCCc1ccc(C(F)(F)Oc2ccc3c(c2)COC(C(F)(F)F)C3)c(F)c1. The van der Waals surface area contributed by atoms with E-state index in [1.54, 1.807) is 0 Å². The first-order valence-electron chi connectivity index (χ1n) is 9.76. The molecular formula is C22H22F6O2. The second kappa shape index (κ2) is 8.88. The van der Waals surface area contributed by atoms with E-state index in [1.807, 2.05) is 6.92 Å². The molecule has 2 nitrogen and oxygen atoms in total. The van der Waals surface area contributed by atoms with Crippen LogP contribution in [0.5, 0.6) is 5.75 Å². The van der Waals surface area contributed by atoms with E-state index in [-0.39, 0.29) is 12.4 Å². The van der Waals surface area contributed by atoms with Crippen LogP contribution in [0.3, 0.4) is 0 Å². The number of fused-ring (bicyclic) bond motifs is 1. The van der Waals surface area contributed by atoms with E-state index in [0.717, 1.165) is 37.5 Å². The molecule has 0 spiro atoms. The molecule has 0 aromatic heterocycles. The molecule has 0 aliphatic carbocycles. The highest BCUT2D eigenvalue weighted by atomic mass is 19.4. The van der Waals surface area contributed by atoms with Crippen molar-refractivity contribution in [1.82, 2.24) is 0 Å². The molecule has 1 aliphatic rings. The second-order valence-electron chi connectivity index (χ2n) is 7.37. The van der Waals surface area contributed by atoms with Crippen LogP contribution in [0.2, 0.25) is 0 Å². The van der Waals surface area contributed by atoms with Gasteiger partial charge in [-0.15, -0.1) is 0 Å². The first-order valence-corrected chi connectivity index (χ1v) is 9.76. The van der Waals surface area contributed by atoms with Crippen molar-refractivity contribution in [2.75, 3.05) is 0 Å². The average Bonchev–Trinajstić information content (AvgIpc) is 2.66. The summed E-state index contributed by atoms with van der Waals surface area (Å²) in [6, 6.07) is 7.19. The summed E-state index contributed by atoms with van der Waals surface area (Å²) in [6.07, 6.45) is -7.36. The van der Waals surface area contributed by atoms with Crippen LogP contribution in [0, 0.1) is 5.82 Å². The Morgan fingerprint density at radius 3 is 2.43 bits per heavy atom. The monoisotopic (exact) mass is 432 g/mol. The van der Waals surface area contributed by atoms with Crippen LogP contribution >= 0.6 is 0 Å². The number of benzene rings is 2. The van der Waals surface area contributed by atoms with Gasteiger partial charge in [0.1, 0.15) is 11.6 Å². The Morgan fingerprint density at radius 2 is 1.77 bits per heavy atom. The van der Waals surface area contributed by atoms with Gasteiger partial charge in [-0.3, -0.25) is 0 Å². The van der Waals surface area contributed by atoms with Gasteiger partial charge < -0.3 is 9.47 Å². The van der Waals surface area contributed by atoms with Crippen molar-refractivity contribution in [3.63, 3.8) is 0 Å². The smallest absolute Gasteiger partial charge is 0.429 e. The van der Waals surface area contributed by atoms with Crippen molar-refractivity contribution in [1.29, 1.82) is 0 Å². The molecule has 2 aromatic carbocycles. The lowest BCUT2D eigenvalue weighted by atomic mass is 9.98. The number of hydrogen-bond acceptors (Lipinski definition) is 2. The molecule has 8 heteroatoms. The van der Waals surface area contributed by atoms with Gasteiger partial charge in [-0.1, -0.05) is 31.9 Å². The van der Waals surface area contributed by atoms with Crippen LogP contribution in [0.1, 0.15) is 48.4 Å². The molecule has 164 valence electrons. The molecule has 30 heavy (non-hydrogen) atoms. The average molecular weight is 432 g/mol. The van der Waals surface area contributed by atoms with Gasteiger partial charge in [-0.25, -0.2) is 4.39 Å². The minimum absolute atomic E-state index is 0.278. The number of alkyl halides is 5. The lowest BCUT2D eigenvalue weighted by molar-refractivity contribution is -0.226. The third-order valence-corrected chi connectivity index (χ3v) is 5.05. The Kier molecular flexibility index (Phi) is 6.65. The lowest BCUT2D eigenvalue weighted by Crippen LogP contribution is -2.36. The summed E-state index contributed by atoms with van der Waals surface area (Å²) in [5, 5.41) is 0. The third kappa shape index (κ3) is 5.28. The number of hydrogen-bond donors (Lipinski definition) is 0. The number of unbranched alkanes of at least 4 members (excludes halogenated alkanes) is 2. The minimum Gasteiger partial charge on any atom is -0.429 e. The van der Waals surface area contributed by atoms with Gasteiger partial charge in [0.05, 0.1) is 12.2 Å². The molecule has 0 saturated carbocycles. The highest BCUT2D eigenvalue weighted by Crippen LogP contribution is 2.37. The van der Waals surface area contributed by atoms with Gasteiger partial charge in [0.2, 0.25) is 0 Å². The van der Waals surface area contributed by atoms with Crippen molar-refractivity contribution >= 4 is 0 Å². The van der Waals surface area contributed by atoms with Crippen molar-refractivity contribution in [3.05, 3.63) is 64.5 Å². The Labute approximate surface area is 170 Å². The Hall–Kier alpha value is -2.22. The molecule has 0 radical (unpaired) electrons. The molecule has 0 amide bonds. The molecular weight excluding hydrogens is 410 g/mol. The van der Waals surface area contributed by atoms with Gasteiger partial charge in [-0.2, -0.15) is 22.0 Å². The van der Waals surface area contributed by atoms with Crippen molar-refractivity contribution in [3.8, 4) is 5.75 Å². The lowest BCUT2D eigenvalue weighted by Gasteiger charge is -2.27.